The van der Waals surface area contributed by atoms with Crippen LogP contribution in [0.2, 0.25) is 0 Å². The fourth-order valence-electron chi connectivity index (χ4n) is 2.17. The molecule has 1 aromatic rings. The van der Waals surface area contributed by atoms with Crippen LogP contribution in [0.4, 0.5) is 0 Å². The molecule has 1 fully saturated rings. The van der Waals surface area contributed by atoms with Gasteiger partial charge in [0.15, 0.2) is 0 Å². The van der Waals surface area contributed by atoms with Gasteiger partial charge in [-0.25, -0.2) is 0 Å². The summed E-state index contributed by atoms with van der Waals surface area (Å²) in [4.78, 5) is 14.1. The molecule has 4 heteroatoms. The van der Waals surface area contributed by atoms with Crippen molar-refractivity contribution >= 4 is 5.91 Å². The van der Waals surface area contributed by atoms with Gasteiger partial charge >= 0.3 is 0 Å². The standard InChI is InChI=1S/C14H20N2O2/c1-11-10-18-7-6-16(11)14(17)8-12-2-4-13(9-15)5-3-12/h2-5,11H,6-10,15H2,1H3/t11-/m1/s1. The summed E-state index contributed by atoms with van der Waals surface area (Å²) in [6, 6.07) is 8.09. The summed E-state index contributed by atoms with van der Waals surface area (Å²) < 4.78 is 5.33. The van der Waals surface area contributed by atoms with Crippen LogP contribution in [0.5, 0.6) is 0 Å². The van der Waals surface area contributed by atoms with Crippen LogP contribution in [0.25, 0.3) is 0 Å². The van der Waals surface area contributed by atoms with E-state index in [1.54, 1.807) is 0 Å². The van der Waals surface area contributed by atoms with E-state index in [0.29, 0.717) is 32.7 Å². The topological polar surface area (TPSA) is 55.6 Å². The Morgan fingerprint density at radius 2 is 2.06 bits per heavy atom. The Morgan fingerprint density at radius 1 is 1.39 bits per heavy atom. The highest BCUT2D eigenvalue weighted by Gasteiger charge is 2.23. The summed E-state index contributed by atoms with van der Waals surface area (Å²) in [7, 11) is 0. The molecule has 2 N–H and O–H groups in total. The predicted octanol–water partition coefficient (Wildman–Crippen LogP) is 0.935. The van der Waals surface area contributed by atoms with Crippen LogP contribution >= 0.6 is 0 Å². The molecule has 1 aromatic carbocycles. The average Bonchev–Trinajstić information content (AvgIpc) is 2.40. The van der Waals surface area contributed by atoms with E-state index in [0.717, 1.165) is 11.1 Å². The first-order valence-electron chi connectivity index (χ1n) is 6.36. The molecule has 0 saturated carbocycles. The second kappa shape index (κ2) is 5.98. The lowest BCUT2D eigenvalue weighted by molar-refractivity contribution is -0.138. The van der Waals surface area contributed by atoms with Crippen molar-refractivity contribution in [2.45, 2.75) is 25.9 Å². The first kappa shape index (κ1) is 13.1. The normalized spacial score (nSPS) is 19.9. The minimum Gasteiger partial charge on any atom is -0.377 e. The predicted molar refractivity (Wildman–Crippen MR) is 70.0 cm³/mol. The smallest absolute Gasteiger partial charge is 0.227 e. The molecule has 0 aromatic heterocycles. The Bertz CT molecular complexity index is 403. The van der Waals surface area contributed by atoms with Gasteiger partial charge in [0, 0.05) is 13.1 Å². The zero-order valence-corrected chi connectivity index (χ0v) is 10.8. The minimum atomic E-state index is 0.172. The van der Waals surface area contributed by atoms with Crippen LogP contribution < -0.4 is 5.73 Å². The quantitative estimate of drug-likeness (QED) is 0.866. The Kier molecular flexibility index (Phi) is 4.33. The molecule has 4 nitrogen and oxygen atoms in total. The summed E-state index contributed by atoms with van der Waals surface area (Å²) in [6.07, 6.45) is 0.454. The van der Waals surface area contributed by atoms with Crippen LogP contribution in [0.15, 0.2) is 24.3 Å². The van der Waals surface area contributed by atoms with Crippen LogP contribution in [-0.2, 0) is 22.5 Å². The van der Waals surface area contributed by atoms with Gasteiger partial charge in [0.05, 0.1) is 25.7 Å². The van der Waals surface area contributed by atoms with Crippen LogP contribution in [-0.4, -0.2) is 36.6 Å². The van der Waals surface area contributed by atoms with E-state index in [1.165, 1.54) is 0 Å². The second-order valence-electron chi connectivity index (χ2n) is 4.71. The lowest BCUT2D eigenvalue weighted by Crippen LogP contribution is -2.47. The lowest BCUT2D eigenvalue weighted by atomic mass is 10.1. The maximum atomic E-state index is 12.2. The van der Waals surface area contributed by atoms with Crippen molar-refractivity contribution in [3.05, 3.63) is 35.4 Å². The Morgan fingerprint density at radius 3 is 2.67 bits per heavy atom. The van der Waals surface area contributed by atoms with Gasteiger partial charge in [-0.1, -0.05) is 24.3 Å². The molecule has 1 saturated heterocycles. The van der Waals surface area contributed by atoms with E-state index < -0.39 is 0 Å². The van der Waals surface area contributed by atoms with Crippen molar-refractivity contribution in [2.75, 3.05) is 19.8 Å². The summed E-state index contributed by atoms with van der Waals surface area (Å²) in [6.45, 7) is 4.53. The molecule has 1 amide bonds. The number of nitrogens with zero attached hydrogens (tertiary/aromatic N) is 1. The Labute approximate surface area is 108 Å². The van der Waals surface area contributed by atoms with Gasteiger partial charge in [-0.3, -0.25) is 4.79 Å². The molecule has 0 bridgehead atoms. The minimum absolute atomic E-state index is 0.172. The number of carbonyl (C=O) groups excluding carboxylic acids is 1. The summed E-state index contributed by atoms with van der Waals surface area (Å²) in [5.74, 6) is 0.172. The van der Waals surface area contributed by atoms with E-state index in [9.17, 15) is 4.79 Å². The van der Waals surface area contributed by atoms with E-state index in [4.69, 9.17) is 10.5 Å². The van der Waals surface area contributed by atoms with Gasteiger partial charge in [0.1, 0.15) is 0 Å². The van der Waals surface area contributed by atoms with Gasteiger partial charge < -0.3 is 15.4 Å². The number of carbonyl (C=O) groups is 1. The van der Waals surface area contributed by atoms with Crippen molar-refractivity contribution in [1.82, 2.24) is 4.90 Å². The first-order valence-corrected chi connectivity index (χ1v) is 6.36. The molecule has 0 aliphatic carbocycles. The number of hydrogen-bond acceptors (Lipinski definition) is 3. The van der Waals surface area contributed by atoms with E-state index in [2.05, 4.69) is 0 Å². The number of benzene rings is 1. The fourth-order valence-corrected chi connectivity index (χ4v) is 2.17. The van der Waals surface area contributed by atoms with Crippen molar-refractivity contribution in [1.29, 1.82) is 0 Å². The van der Waals surface area contributed by atoms with Crippen molar-refractivity contribution in [3.63, 3.8) is 0 Å². The highest BCUT2D eigenvalue weighted by Crippen LogP contribution is 2.11. The molecule has 0 radical (unpaired) electrons. The second-order valence-corrected chi connectivity index (χ2v) is 4.71. The Balaban J connectivity index is 1.97. The zero-order chi connectivity index (χ0) is 13.0. The summed E-state index contributed by atoms with van der Waals surface area (Å²) >= 11 is 0. The molecular weight excluding hydrogens is 228 g/mol. The average molecular weight is 248 g/mol. The van der Waals surface area contributed by atoms with Crippen molar-refractivity contribution in [2.24, 2.45) is 5.73 Å². The third-order valence-corrected chi connectivity index (χ3v) is 3.30. The van der Waals surface area contributed by atoms with Crippen LogP contribution in [0, 0.1) is 0 Å². The van der Waals surface area contributed by atoms with Gasteiger partial charge in [0.2, 0.25) is 5.91 Å². The fraction of sp³-hybridized carbons (Fsp3) is 0.500. The summed E-state index contributed by atoms with van der Waals surface area (Å²) in [5, 5.41) is 0. The van der Waals surface area contributed by atoms with E-state index in [-0.39, 0.29) is 11.9 Å². The highest BCUT2D eigenvalue weighted by atomic mass is 16.5. The molecule has 1 heterocycles. The molecule has 18 heavy (non-hydrogen) atoms. The van der Waals surface area contributed by atoms with Gasteiger partial charge in [-0.15, -0.1) is 0 Å². The number of hydrogen-bond donors (Lipinski definition) is 1. The largest absolute Gasteiger partial charge is 0.377 e. The molecule has 1 atom stereocenters. The van der Waals surface area contributed by atoms with Crippen molar-refractivity contribution in [3.8, 4) is 0 Å². The molecular formula is C14H20N2O2. The maximum Gasteiger partial charge on any atom is 0.227 e. The number of nitrogens with two attached hydrogens (primary N) is 1. The monoisotopic (exact) mass is 248 g/mol. The zero-order valence-electron chi connectivity index (χ0n) is 10.8. The molecule has 98 valence electrons. The first-order chi connectivity index (χ1) is 8.70. The maximum absolute atomic E-state index is 12.2. The molecule has 1 aliphatic rings. The van der Waals surface area contributed by atoms with Gasteiger partial charge in [0.25, 0.3) is 0 Å². The van der Waals surface area contributed by atoms with Crippen LogP contribution in [0.3, 0.4) is 0 Å². The SMILES string of the molecule is C[C@@H]1COCCN1C(=O)Cc1ccc(CN)cc1. The summed E-state index contributed by atoms with van der Waals surface area (Å²) in [5.41, 5.74) is 7.67. The van der Waals surface area contributed by atoms with E-state index in [1.807, 2.05) is 36.1 Å². The number of morpholine rings is 1. The van der Waals surface area contributed by atoms with E-state index >= 15 is 0 Å². The number of ether oxygens (including phenoxy) is 1. The molecule has 0 unspecified atom stereocenters. The molecule has 2 rings (SSSR count). The molecule has 1 aliphatic heterocycles. The van der Waals surface area contributed by atoms with Gasteiger partial charge in [-0.2, -0.15) is 0 Å². The highest BCUT2D eigenvalue weighted by molar-refractivity contribution is 5.79. The number of rotatable bonds is 3. The lowest BCUT2D eigenvalue weighted by Gasteiger charge is -2.33. The van der Waals surface area contributed by atoms with Gasteiger partial charge in [-0.05, 0) is 18.1 Å². The third-order valence-electron chi connectivity index (χ3n) is 3.30. The van der Waals surface area contributed by atoms with Crippen LogP contribution in [0.1, 0.15) is 18.1 Å². The number of amides is 1. The van der Waals surface area contributed by atoms with Crippen molar-refractivity contribution < 1.29 is 9.53 Å². The third kappa shape index (κ3) is 3.09. The Hall–Kier alpha value is -1.39. The molecule has 0 spiro atoms.